The van der Waals surface area contributed by atoms with Gasteiger partial charge in [0.25, 0.3) is 0 Å². The van der Waals surface area contributed by atoms with Gasteiger partial charge in [0.05, 0.1) is 6.04 Å². The Hall–Kier alpha value is -0.610. The quantitative estimate of drug-likeness (QED) is 0.764. The average molecular weight is 227 g/mol. The van der Waals surface area contributed by atoms with Gasteiger partial charge in [-0.1, -0.05) is 0 Å². The number of carbonyl (C=O) groups is 1. The van der Waals surface area contributed by atoms with E-state index in [1.165, 1.54) is 0 Å². The maximum absolute atomic E-state index is 12.4. The minimum absolute atomic E-state index is 0.0279. The summed E-state index contributed by atoms with van der Waals surface area (Å²) in [6, 6.07) is -0.0586. The maximum atomic E-state index is 12.4. The van der Waals surface area contributed by atoms with Gasteiger partial charge in [-0.15, -0.1) is 0 Å². The molecule has 1 amide bonds. The van der Waals surface area contributed by atoms with E-state index in [0.717, 1.165) is 26.1 Å². The van der Waals surface area contributed by atoms with Crippen molar-refractivity contribution in [2.75, 3.05) is 33.7 Å². The molecule has 1 rings (SSSR count). The van der Waals surface area contributed by atoms with Crippen LogP contribution in [0.5, 0.6) is 0 Å². The van der Waals surface area contributed by atoms with Crippen LogP contribution in [0.2, 0.25) is 0 Å². The normalized spacial score (nSPS) is 26.0. The van der Waals surface area contributed by atoms with Gasteiger partial charge in [-0.2, -0.15) is 0 Å². The van der Waals surface area contributed by atoms with E-state index < -0.39 is 0 Å². The first-order valence-electron chi connectivity index (χ1n) is 6.08. The van der Waals surface area contributed by atoms with Crippen LogP contribution in [0.1, 0.15) is 27.2 Å². The summed E-state index contributed by atoms with van der Waals surface area (Å²) in [5, 5.41) is 3.35. The molecule has 4 heteroatoms. The Morgan fingerprint density at radius 3 is 2.62 bits per heavy atom. The van der Waals surface area contributed by atoms with Crippen LogP contribution in [0.4, 0.5) is 0 Å². The van der Waals surface area contributed by atoms with Crippen molar-refractivity contribution in [2.24, 2.45) is 0 Å². The molecule has 1 atom stereocenters. The van der Waals surface area contributed by atoms with E-state index in [9.17, 15) is 4.79 Å². The molecule has 1 saturated heterocycles. The zero-order valence-electron chi connectivity index (χ0n) is 11.2. The van der Waals surface area contributed by atoms with Crippen LogP contribution in [0.3, 0.4) is 0 Å². The molecule has 1 heterocycles. The Morgan fingerprint density at radius 2 is 2.12 bits per heavy atom. The molecule has 1 fully saturated rings. The van der Waals surface area contributed by atoms with Gasteiger partial charge < -0.3 is 15.1 Å². The second-order valence-electron chi connectivity index (χ2n) is 5.41. The molecule has 0 spiro atoms. The van der Waals surface area contributed by atoms with Gasteiger partial charge in [-0.3, -0.25) is 4.79 Å². The van der Waals surface area contributed by atoms with Crippen molar-refractivity contribution < 1.29 is 4.79 Å². The molecule has 1 unspecified atom stereocenters. The van der Waals surface area contributed by atoms with E-state index in [-0.39, 0.29) is 17.5 Å². The van der Waals surface area contributed by atoms with Gasteiger partial charge >= 0.3 is 0 Å². The van der Waals surface area contributed by atoms with Crippen molar-refractivity contribution in [2.45, 2.75) is 38.8 Å². The Bertz CT molecular complexity index is 251. The lowest BCUT2D eigenvalue weighted by atomic mass is 9.98. The summed E-state index contributed by atoms with van der Waals surface area (Å²) < 4.78 is 0. The molecular formula is C12H25N3O. The maximum Gasteiger partial charge on any atom is 0.241 e. The van der Waals surface area contributed by atoms with Crippen molar-refractivity contribution >= 4 is 5.91 Å². The van der Waals surface area contributed by atoms with E-state index in [2.05, 4.69) is 31.0 Å². The smallest absolute Gasteiger partial charge is 0.241 e. The SMILES string of the molecule is CCN1C(=O)C(CN(C)C)NCCC1(C)C. The number of nitrogens with one attached hydrogen (secondary N) is 1. The highest BCUT2D eigenvalue weighted by atomic mass is 16.2. The minimum Gasteiger partial charge on any atom is -0.336 e. The van der Waals surface area contributed by atoms with Crippen LogP contribution in [-0.4, -0.2) is 61.0 Å². The van der Waals surface area contributed by atoms with Crippen LogP contribution in [-0.2, 0) is 4.79 Å². The fraction of sp³-hybridized carbons (Fsp3) is 0.917. The summed E-state index contributed by atoms with van der Waals surface area (Å²) in [6.07, 6.45) is 1.01. The Morgan fingerprint density at radius 1 is 1.50 bits per heavy atom. The second kappa shape index (κ2) is 5.15. The van der Waals surface area contributed by atoms with Gasteiger partial charge in [0, 0.05) is 18.6 Å². The minimum atomic E-state index is -0.0586. The molecule has 0 saturated carbocycles. The van der Waals surface area contributed by atoms with Crippen molar-refractivity contribution in [1.82, 2.24) is 15.1 Å². The number of hydrogen-bond donors (Lipinski definition) is 1. The first-order chi connectivity index (χ1) is 7.38. The number of nitrogens with zero attached hydrogens (tertiary/aromatic N) is 2. The molecule has 0 aliphatic carbocycles. The van der Waals surface area contributed by atoms with Gasteiger partial charge in [-0.25, -0.2) is 0 Å². The summed E-state index contributed by atoms with van der Waals surface area (Å²) in [4.78, 5) is 16.4. The number of rotatable bonds is 3. The summed E-state index contributed by atoms with van der Waals surface area (Å²) >= 11 is 0. The lowest BCUT2D eigenvalue weighted by Gasteiger charge is -2.37. The fourth-order valence-corrected chi connectivity index (χ4v) is 2.35. The average Bonchev–Trinajstić information content (AvgIpc) is 2.24. The molecule has 0 aromatic rings. The predicted octanol–water partition coefficient (Wildman–Crippen LogP) is 0.537. The van der Waals surface area contributed by atoms with E-state index in [4.69, 9.17) is 0 Å². The standard InChI is InChI=1S/C12H25N3O/c1-6-15-11(16)10(9-14(4)5)13-8-7-12(15,2)3/h10,13H,6-9H2,1-5H3. The molecule has 0 bridgehead atoms. The summed E-state index contributed by atoms with van der Waals surface area (Å²) in [7, 11) is 4.00. The molecule has 1 aliphatic heterocycles. The first-order valence-corrected chi connectivity index (χ1v) is 6.08. The second-order valence-corrected chi connectivity index (χ2v) is 5.41. The zero-order valence-corrected chi connectivity index (χ0v) is 11.2. The lowest BCUT2D eigenvalue weighted by molar-refractivity contribution is -0.137. The van der Waals surface area contributed by atoms with Crippen LogP contribution in [0.25, 0.3) is 0 Å². The van der Waals surface area contributed by atoms with Crippen LogP contribution < -0.4 is 5.32 Å². The van der Waals surface area contributed by atoms with Crippen molar-refractivity contribution in [3.63, 3.8) is 0 Å². The molecule has 16 heavy (non-hydrogen) atoms. The van der Waals surface area contributed by atoms with E-state index in [1.54, 1.807) is 0 Å². The molecular weight excluding hydrogens is 202 g/mol. The van der Waals surface area contributed by atoms with Crippen LogP contribution in [0, 0.1) is 0 Å². The third kappa shape index (κ3) is 2.95. The van der Waals surface area contributed by atoms with Gasteiger partial charge in [0.2, 0.25) is 5.91 Å². The largest absolute Gasteiger partial charge is 0.336 e. The molecule has 0 aromatic carbocycles. The molecule has 0 aromatic heterocycles. The highest BCUT2D eigenvalue weighted by Gasteiger charge is 2.36. The monoisotopic (exact) mass is 227 g/mol. The van der Waals surface area contributed by atoms with Crippen LogP contribution in [0.15, 0.2) is 0 Å². The topological polar surface area (TPSA) is 35.6 Å². The van der Waals surface area contributed by atoms with Crippen molar-refractivity contribution in [3.05, 3.63) is 0 Å². The molecule has 4 nitrogen and oxygen atoms in total. The van der Waals surface area contributed by atoms with Gasteiger partial charge in [0.15, 0.2) is 0 Å². The Kier molecular flexibility index (Phi) is 4.33. The lowest BCUT2D eigenvalue weighted by Crippen LogP contribution is -2.53. The number of carbonyl (C=O) groups excluding carboxylic acids is 1. The summed E-state index contributed by atoms with van der Waals surface area (Å²) in [5.74, 6) is 0.235. The molecule has 94 valence electrons. The predicted molar refractivity (Wildman–Crippen MR) is 66.4 cm³/mol. The third-order valence-corrected chi connectivity index (χ3v) is 3.29. The zero-order chi connectivity index (χ0) is 12.3. The van der Waals surface area contributed by atoms with E-state index in [0.29, 0.717) is 0 Å². The molecule has 1 N–H and O–H groups in total. The molecule has 1 aliphatic rings. The Labute approximate surface area is 99.0 Å². The van der Waals surface area contributed by atoms with Crippen LogP contribution >= 0.6 is 0 Å². The summed E-state index contributed by atoms with van der Waals surface area (Å²) in [6.45, 7) is 8.82. The van der Waals surface area contributed by atoms with Gasteiger partial charge in [0.1, 0.15) is 0 Å². The number of hydrogen-bond acceptors (Lipinski definition) is 3. The fourth-order valence-electron chi connectivity index (χ4n) is 2.35. The first kappa shape index (κ1) is 13.5. The van der Waals surface area contributed by atoms with E-state index >= 15 is 0 Å². The highest BCUT2D eigenvalue weighted by Crippen LogP contribution is 2.21. The highest BCUT2D eigenvalue weighted by molar-refractivity contribution is 5.83. The van der Waals surface area contributed by atoms with Gasteiger partial charge in [-0.05, 0) is 47.8 Å². The van der Waals surface area contributed by atoms with Crippen molar-refractivity contribution in [1.29, 1.82) is 0 Å². The van der Waals surface area contributed by atoms with E-state index in [1.807, 2.05) is 19.0 Å². The molecule has 0 radical (unpaired) electrons. The number of likely N-dealkylation sites (N-methyl/N-ethyl adjacent to an activating group) is 2. The Balaban J connectivity index is 2.82. The van der Waals surface area contributed by atoms with Crippen molar-refractivity contribution in [3.8, 4) is 0 Å². The third-order valence-electron chi connectivity index (χ3n) is 3.29. The summed E-state index contributed by atoms with van der Waals surface area (Å²) in [5.41, 5.74) is -0.0279. The number of amides is 1.